The maximum Gasteiger partial charge on any atom is 0.335 e. The molecule has 1 N–H and O–H groups in total. The molecule has 0 amide bonds. The van der Waals surface area contributed by atoms with Crippen LogP contribution in [0, 0.1) is 0 Å². The van der Waals surface area contributed by atoms with E-state index in [-0.39, 0.29) is 5.56 Å². The van der Waals surface area contributed by atoms with E-state index in [4.69, 9.17) is 0 Å². The van der Waals surface area contributed by atoms with Crippen molar-refractivity contribution in [1.29, 1.82) is 0 Å². The van der Waals surface area contributed by atoms with E-state index in [0.717, 1.165) is 11.1 Å². The fourth-order valence-electron chi connectivity index (χ4n) is 2.00. The zero-order valence-electron chi connectivity index (χ0n) is 11.0. The van der Waals surface area contributed by atoms with Gasteiger partial charge in [-0.2, -0.15) is 0 Å². The predicted molar refractivity (Wildman–Crippen MR) is 77.7 cm³/mol. The van der Waals surface area contributed by atoms with Gasteiger partial charge in [-0.1, -0.05) is 0 Å². The van der Waals surface area contributed by atoms with Crippen LogP contribution in [-0.4, -0.2) is 26.0 Å². The fourth-order valence-corrected chi connectivity index (χ4v) is 2.00. The highest BCUT2D eigenvalue weighted by Gasteiger charge is 2.11. The zero-order valence-corrected chi connectivity index (χ0v) is 11.0. The molecule has 3 rings (SSSR count). The van der Waals surface area contributed by atoms with Gasteiger partial charge in [-0.3, -0.25) is 9.97 Å². The van der Waals surface area contributed by atoms with Crippen molar-refractivity contribution < 1.29 is 9.90 Å². The summed E-state index contributed by atoms with van der Waals surface area (Å²) in [6.45, 7) is 0. The molecular weight excluding hydrogens is 266 g/mol. The molecule has 3 aromatic rings. The van der Waals surface area contributed by atoms with E-state index in [1.165, 1.54) is 0 Å². The normalized spacial score (nSPS) is 10.3. The highest BCUT2D eigenvalue weighted by atomic mass is 16.4. The fraction of sp³-hybridized carbons (Fsp3) is 0. The Morgan fingerprint density at radius 1 is 0.810 bits per heavy atom. The molecule has 5 nitrogen and oxygen atoms in total. The maximum absolute atomic E-state index is 11.3. The van der Waals surface area contributed by atoms with Crippen LogP contribution in [0.1, 0.15) is 10.4 Å². The van der Waals surface area contributed by atoms with E-state index in [2.05, 4.69) is 15.0 Å². The largest absolute Gasteiger partial charge is 0.478 e. The summed E-state index contributed by atoms with van der Waals surface area (Å²) in [6.07, 6.45) is 6.60. The molecule has 0 saturated carbocycles. The van der Waals surface area contributed by atoms with Crippen LogP contribution in [-0.2, 0) is 0 Å². The number of carbonyl (C=O) groups is 1. The summed E-state index contributed by atoms with van der Waals surface area (Å²) in [5.41, 5.74) is 3.05. The van der Waals surface area contributed by atoms with E-state index in [9.17, 15) is 9.90 Å². The molecule has 102 valence electrons. The Hall–Kier alpha value is -3.08. The van der Waals surface area contributed by atoms with Crippen LogP contribution in [0.4, 0.5) is 0 Å². The summed E-state index contributed by atoms with van der Waals surface area (Å²) in [5.74, 6) is -0.983. The van der Waals surface area contributed by atoms with Crippen molar-refractivity contribution in [2.45, 2.75) is 0 Å². The number of hydrogen-bond acceptors (Lipinski definition) is 4. The third-order valence-corrected chi connectivity index (χ3v) is 3.02. The van der Waals surface area contributed by atoms with Crippen molar-refractivity contribution in [2.24, 2.45) is 0 Å². The van der Waals surface area contributed by atoms with Gasteiger partial charge in [0.25, 0.3) is 0 Å². The lowest BCUT2D eigenvalue weighted by Gasteiger charge is -2.07. The molecule has 0 radical (unpaired) electrons. The van der Waals surface area contributed by atoms with E-state index in [1.807, 2.05) is 0 Å². The van der Waals surface area contributed by atoms with Gasteiger partial charge >= 0.3 is 5.97 Å². The average Bonchev–Trinajstić information content (AvgIpc) is 2.56. The van der Waals surface area contributed by atoms with E-state index in [0.29, 0.717) is 11.4 Å². The second-order valence-corrected chi connectivity index (χ2v) is 4.40. The van der Waals surface area contributed by atoms with Crippen LogP contribution in [0.15, 0.2) is 61.2 Å². The summed E-state index contributed by atoms with van der Waals surface area (Å²) in [4.78, 5) is 23.8. The molecule has 0 aliphatic carbocycles. The van der Waals surface area contributed by atoms with Crippen molar-refractivity contribution in [3.05, 3.63) is 66.7 Å². The van der Waals surface area contributed by atoms with E-state index >= 15 is 0 Å². The number of aromatic nitrogens is 3. The molecule has 0 aliphatic rings. The first-order chi connectivity index (χ1) is 10.2. The number of aromatic carboxylic acids is 1. The Balaban J connectivity index is 2.18. The lowest BCUT2D eigenvalue weighted by atomic mass is 10.1. The summed E-state index contributed by atoms with van der Waals surface area (Å²) < 4.78 is 0. The average molecular weight is 277 g/mol. The molecule has 3 aromatic heterocycles. The first kappa shape index (κ1) is 12.9. The second kappa shape index (κ2) is 5.50. The number of pyridine rings is 3. The predicted octanol–water partition coefficient (Wildman–Crippen LogP) is 2.90. The molecule has 0 spiro atoms. The molecule has 0 atom stereocenters. The number of carboxylic acid groups (broad SMARTS) is 1. The molecule has 0 bridgehead atoms. The first-order valence-electron chi connectivity index (χ1n) is 6.30. The summed E-state index contributed by atoms with van der Waals surface area (Å²) in [6, 6.07) is 10.3. The molecule has 0 saturated heterocycles. The lowest BCUT2D eigenvalue weighted by molar-refractivity contribution is 0.0697. The van der Waals surface area contributed by atoms with Gasteiger partial charge in [0.1, 0.15) is 0 Å². The Morgan fingerprint density at radius 3 is 1.62 bits per heavy atom. The summed E-state index contributed by atoms with van der Waals surface area (Å²) >= 11 is 0. The van der Waals surface area contributed by atoms with Crippen LogP contribution in [0.2, 0.25) is 0 Å². The Bertz CT molecular complexity index is 716. The van der Waals surface area contributed by atoms with Crippen molar-refractivity contribution >= 4 is 5.97 Å². The molecule has 0 aromatic carbocycles. The van der Waals surface area contributed by atoms with Crippen molar-refractivity contribution in [3.63, 3.8) is 0 Å². The highest BCUT2D eigenvalue weighted by molar-refractivity contribution is 5.90. The van der Waals surface area contributed by atoms with Crippen LogP contribution < -0.4 is 0 Å². The Labute approximate surface area is 121 Å². The molecular formula is C16H11N3O2. The third-order valence-electron chi connectivity index (χ3n) is 3.02. The van der Waals surface area contributed by atoms with Gasteiger partial charge in [0.2, 0.25) is 0 Å². The van der Waals surface area contributed by atoms with Crippen LogP contribution >= 0.6 is 0 Å². The first-order valence-corrected chi connectivity index (χ1v) is 6.30. The topological polar surface area (TPSA) is 76.0 Å². The number of hydrogen-bond donors (Lipinski definition) is 1. The van der Waals surface area contributed by atoms with Crippen molar-refractivity contribution in [1.82, 2.24) is 15.0 Å². The van der Waals surface area contributed by atoms with Crippen LogP contribution in [0.3, 0.4) is 0 Å². The minimum Gasteiger partial charge on any atom is -0.478 e. The zero-order chi connectivity index (χ0) is 14.7. The molecule has 21 heavy (non-hydrogen) atoms. The quantitative estimate of drug-likeness (QED) is 0.796. The molecule has 3 heterocycles. The molecule has 0 aliphatic heterocycles. The Kier molecular flexibility index (Phi) is 3.39. The van der Waals surface area contributed by atoms with Crippen LogP contribution in [0.5, 0.6) is 0 Å². The van der Waals surface area contributed by atoms with Gasteiger partial charge in [-0.15, -0.1) is 0 Å². The summed E-state index contributed by atoms with van der Waals surface area (Å²) in [7, 11) is 0. The smallest absolute Gasteiger partial charge is 0.335 e. The number of rotatable bonds is 3. The van der Waals surface area contributed by atoms with Crippen molar-refractivity contribution in [3.8, 4) is 22.5 Å². The lowest BCUT2D eigenvalue weighted by Crippen LogP contribution is -2.00. The van der Waals surface area contributed by atoms with Gasteiger partial charge in [0.15, 0.2) is 0 Å². The van der Waals surface area contributed by atoms with Gasteiger partial charge in [0, 0.05) is 35.9 Å². The van der Waals surface area contributed by atoms with Gasteiger partial charge in [-0.25, -0.2) is 9.78 Å². The minimum atomic E-state index is -0.983. The minimum absolute atomic E-state index is 0.198. The van der Waals surface area contributed by atoms with Gasteiger partial charge in [-0.05, 0) is 36.4 Å². The second-order valence-electron chi connectivity index (χ2n) is 4.40. The van der Waals surface area contributed by atoms with Gasteiger partial charge in [0.05, 0.1) is 17.0 Å². The SMILES string of the molecule is O=C(O)c1cc(-c2ccncc2)nc(-c2ccncc2)c1. The van der Waals surface area contributed by atoms with Crippen LogP contribution in [0.25, 0.3) is 22.5 Å². The van der Waals surface area contributed by atoms with Gasteiger partial charge < -0.3 is 5.11 Å². The summed E-state index contributed by atoms with van der Waals surface area (Å²) in [5, 5.41) is 9.28. The monoisotopic (exact) mass is 277 g/mol. The maximum atomic E-state index is 11.3. The molecule has 5 heteroatoms. The van der Waals surface area contributed by atoms with E-state index in [1.54, 1.807) is 61.2 Å². The third kappa shape index (κ3) is 2.76. The molecule has 0 unspecified atom stereocenters. The number of carboxylic acids is 1. The van der Waals surface area contributed by atoms with E-state index < -0.39 is 5.97 Å². The highest BCUT2D eigenvalue weighted by Crippen LogP contribution is 2.24. The molecule has 0 fully saturated rings. The number of nitrogens with zero attached hydrogens (tertiary/aromatic N) is 3. The Morgan fingerprint density at radius 2 is 1.24 bits per heavy atom. The standard InChI is InChI=1S/C16H11N3O2/c20-16(21)13-9-14(11-1-5-17-6-2-11)19-15(10-13)12-3-7-18-8-4-12/h1-10H,(H,20,21). The van der Waals surface area contributed by atoms with Crippen molar-refractivity contribution in [2.75, 3.05) is 0 Å².